The third-order valence-corrected chi connectivity index (χ3v) is 4.73. The van der Waals surface area contributed by atoms with Crippen molar-refractivity contribution in [2.24, 2.45) is 11.1 Å². The van der Waals surface area contributed by atoms with E-state index in [0.717, 1.165) is 32.5 Å². The Morgan fingerprint density at radius 2 is 2.05 bits per heavy atom. The van der Waals surface area contributed by atoms with Crippen LogP contribution in [0, 0.1) is 5.41 Å². The van der Waals surface area contributed by atoms with Crippen LogP contribution < -0.4 is 11.1 Å². The summed E-state index contributed by atoms with van der Waals surface area (Å²) in [6.07, 6.45) is 3.92. The van der Waals surface area contributed by atoms with Gasteiger partial charge in [-0.25, -0.2) is 0 Å². The summed E-state index contributed by atoms with van der Waals surface area (Å²) in [5.41, 5.74) is 5.45. The van der Waals surface area contributed by atoms with Gasteiger partial charge >= 0.3 is 0 Å². The van der Waals surface area contributed by atoms with Crippen LogP contribution in [-0.4, -0.2) is 56.2 Å². The SMILES string of the molecule is CCN1CCCC1CNC(=O)C1(CN)CCOCC1.Cl.Cl. The first kappa shape index (κ1) is 20.9. The Morgan fingerprint density at radius 3 is 2.62 bits per heavy atom. The smallest absolute Gasteiger partial charge is 0.227 e. The molecule has 0 saturated carbocycles. The van der Waals surface area contributed by atoms with Crippen LogP contribution in [-0.2, 0) is 9.53 Å². The topological polar surface area (TPSA) is 67.6 Å². The first-order valence-corrected chi connectivity index (χ1v) is 7.52. The van der Waals surface area contributed by atoms with Crippen molar-refractivity contribution in [2.75, 3.05) is 39.4 Å². The minimum Gasteiger partial charge on any atom is -0.381 e. The van der Waals surface area contributed by atoms with Gasteiger partial charge in [-0.05, 0) is 38.8 Å². The maximum atomic E-state index is 12.4. The molecule has 0 aromatic carbocycles. The molecule has 21 heavy (non-hydrogen) atoms. The zero-order chi connectivity index (χ0) is 13.7. The highest BCUT2D eigenvalue weighted by Gasteiger charge is 2.39. The van der Waals surface area contributed by atoms with Crippen molar-refractivity contribution in [2.45, 2.75) is 38.6 Å². The van der Waals surface area contributed by atoms with Crippen LogP contribution in [0.4, 0.5) is 0 Å². The van der Waals surface area contributed by atoms with Gasteiger partial charge in [0.1, 0.15) is 0 Å². The van der Waals surface area contributed by atoms with E-state index in [4.69, 9.17) is 10.5 Å². The molecule has 1 atom stereocenters. The summed E-state index contributed by atoms with van der Waals surface area (Å²) < 4.78 is 5.35. The summed E-state index contributed by atoms with van der Waals surface area (Å²) in [4.78, 5) is 14.9. The third kappa shape index (κ3) is 4.96. The van der Waals surface area contributed by atoms with E-state index in [1.54, 1.807) is 0 Å². The molecule has 0 aliphatic carbocycles. The molecule has 0 aromatic rings. The number of nitrogens with zero attached hydrogens (tertiary/aromatic N) is 1. The van der Waals surface area contributed by atoms with E-state index in [2.05, 4.69) is 17.1 Å². The highest BCUT2D eigenvalue weighted by atomic mass is 35.5. The van der Waals surface area contributed by atoms with Gasteiger partial charge in [0.05, 0.1) is 5.41 Å². The zero-order valence-electron chi connectivity index (χ0n) is 12.8. The number of nitrogens with one attached hydrogen (secondary N) is 1. The molecule has 126 valence electrons. The van der Waals surface area contributed by atoms with Crippen molar-refractivity contribution in [3.63, 3.8) is 0 Å². The fraction of sp³-hybridized carbons (Fsp3) is 0.929. The van der Waals surface area contributed by atoms with Crippen molar-refractivity contribution >= 4 is 30.7 Å². The highest BCUT2D eigenvalue weighted by molar-refractivity contribution is 5.85. The van der Waals surface area contributed by atoms with E-state index in [1.807, 2.05) is 0 Å². The number of amides is 1. The summed E-state index contributed by atoms with van der Waals surface area (Å²) in [6.45, 7) is 6.88. The summed E-state index contributed by atoms with van der Waals surface area (Å²) in [6, 6.07) is 0.503. The van der Waals surface area contributed by atoms with Gasteiger partial charge in [0.2, 0.25) is 5.91 Å². The third-order valence-electron chi connectivity index (χ3n) is 4.73. The van der Waals surface area contributed by atoms with Gasteiger partial charge in [-0.15, -0.1) is 24.8 Å². The van der Waals surface area contributed by atoms with Gasteiger partial charge in [-0.2, -0.15) is 0 Å². The van der Waals surface area contributed by atoms with Gasteiger partial charge in [-0.3, -0.25) is 9.69 Å². The van der Waals surface area contributed by atoms with Crippen LogP contribution in [0.3, 0.4) is 0 Å². The maximum absolute atomic E-state index is 12.4. The highest BCUT2D eigenvalue weighted by Crippen LogP contribution is 2.29. The van der Waals surface area contributed by atoms with Crippen molar-refractivity contribution in [1.29, 1.82) is 0 Å². The fourth-order valence-electron chi connectivity index (χ4n) is 3.23. The number of halogens is 2. The molecule has 0 radical (unpaired) electrons. The number of likely N-dealkylation sites (tertiary alicyclic amines) is 1. The summed E-state index contributed by atoms with van der Waals surface area (Å²) in [7, 11) is 0. The Labute approximate surface area is 140 Å². The Kier molecular flexibility index (Phi) is 9.81. The number of carbonyl (C=O) groups excluding carboxylic acids is 1. The molecule has 3 N–H and O–H groups in total. The van der Waals surface area contributed by atoms with E-state index in [9.17, 15) is 4.79 Å². The molecule has 7 heteroatoms. The molecule has 2 rings (SSSR count). The molecule has 0 aromatic heterocycles. The zero-order valence-corrected chi connectivity index (χ0v) is 14.4. The number of hydrogen-bond donors (Lipinski definition) is 2. The van der Waals surface area contributed by atoms with Crippen LogP contribution in [0.1, 0.15) is 32.6 Å². The summed E-state index contributed by atoms with van der Waals surface area (Å²) in [5, 5.41) is 3.13. The summed E-state index contributed by atoms with van der Waals surface area (Å²) in [5.74, 6) is 0.126. The molecular formula is C14H29Cl2N3O2. The van der Waals surface area contributed by atoms with E-state index in [1.165, 1.54) is 12.8 Å². The molecule has 2 saturated heterocycles. The number of nitrogens with two attached hydrogens (primary N) is 1. The van der Waals surface area contributed by atoms with Crippen molar-refractivity contribution in [3.05, 3.63) is 0 Å². The van der Waals surface area contributed by atoms with E-state index >= 15 is 0 Å². The number of likely N-dealkylation sites (N-methyl/N-ethyl adjacent to an activating group) is 1. The standard InChI is InChI=1S/C14H27N3O2.2ClH/c1-2-17-7-3-4-12(17)10-16-13(18)14(11-15)5-8-19-9-6-14;;/h12H,2-11,15H2,1H3,(H,16,18);2*1H. The van der Waals surface area contributed by atoms with Crippen LogP contribution >= 0.6 is 24.8 Å². The Balaban J connectivity index is 0.00000200. The van der Waals surface area contributed by atoms with Gasteiger partial charge < -0.3 is 15.8 Å². The minimum absolute atomic E-state index is 0. The quantitative estimate of drug-likeness (QED) is 0.788. The lowest BCUT2D eigenvalue weighted by Gasteiger charge is -2.35. The number of hydrogen-bond acceptors (Lipinski definition) is 4. The van der Waals surface area contributed by atoms with Gasteiger partial charge in [0.25, 0.3) is 0 Å². The molecule has 0 bridgehead atoms. The second-order valence-corrected chi connectivity index (χ2v) is 5.73. The Bertz CT molecular complexity index is 313. The monoisotopic (exact) mass is 341 g/mol. The van der Waals surface area contributed by atoms with Crippen LogP contribution in [0.5, 0.6) is 0 Å². The lowest BCUT2D eigenvalue weighted by Crippen LogP contribution is -2.51. The molecule has 2 aliphatic heterocycles. The largest absolute Gasteiger partial charge is 0.381 e. The predicted molar refractivity (Wildman–Crippen MR) is 89.3 cm³/mol. The van der Waals surface area contributed by atoms with Crippen molar-refractivity contribution in [3.8, 4) is 0 Å². The second kappa shape index (κ2) is 9.85. The number of carbonyl (C=O) groups is 1. The van der Waals surface area contributed by atoms with Crippen molar-refractivity contribution < 1.29 is 9.53 Å². The minimum atomic E-state index is -0.395. The lowest BCUT2D eigenvalue weighted by molar-refractivity contribution is -0.136. The van der Waals surface area contributed by atoms with Crippen LogP contribution in [0.25, 0.3) is 0 Å². The average molecular weight is 342 g/mol. The van der Waals surface area contributed by atoms with E-state index < -0.39 is 5.41 Å². The summed E-state index contributed by atoms with van der Waals surface area (Å²) >= 11 is 0. The molecule has 1 unspecified atom stereocenters. The molecule has 2 heterocycles. The fourth-order valence-corrected chi connectivity index (χ4v) is 3.23. The lowest BCUT2D eigenvalue weighted by atomic mass is 9.79. The molecule has 0 spiro atoms. The Morgan fingerprint density at radius 1 is 1.38 bits per heavy atom. The van der Waals surface area contributed by atoms with E-state index in [-0.39, 0.29) is 30.7 Å². The first-order valence-electron chi connectivity index (χ1n) is 7.52. The molecule has 2 fully saturated rings. The van der Waals surface area contributed by atoms with Gasteiger partial charge in [0.15, 0.2) is 0 Å². The van der Waals surface area contributed by atoms with Gasteiger partial charge in [0, 0.05) is 32.3 Å². The van der Waals surface area contributed by atoms with Crippen molar-refractivity contribution in [1.82, 2.24) is 10.2 Å². The maximum Gasteiger partial charge on any atom is 0.227 e. The predicted octanol–water partition coefficient (Wildman–Crippen LogP) is 1.19. The average Bonchev–Trinajstić information content (AvgIpc) is 2.92. The number of rotatable bonds is 5. The Hall–Kier alpha value is -0.0700. The van der Waals surface area contributed by atoms with Crippen LogP contribution in [0.2, 0.25) is 0 Å². The van der Waals surface area contributed by atoms with Crippen LogP contribution in [0.15, 0.2) is 0 Å². The molecular weight excluding hydrogens is 313 g/mol. The van der Waals surface area contributed by atoms with E-state index in [0.29, 0.717) is 25.8 Å². The number of ether oxygens (including phenoxy) is 1. The molecule has 5 nitrogen and oxygen atoms in total. The molecule has 2 aliphatic rings. The molecule has 1 amide bonds. The first-order chi connectivity index (χ1) is 9.22. The second-order valence-electron chi connectivity index (χ2n) is 5.73. The normalized spacial score (nSPS) is 24.8. The van der Waals surface area contributed by atoms with Gasteiger partial charge in [-0.1, -0.05) is 6.92 Å².